The van der Waals surface area contributed by atoms with E-state index in [1.54, 1.807) is 0 Å². The van der Waals surface area contributed by atoms with Crippen LogP contribution in [0.15, 0.2) is 22.7 Å². The third-order valence-electron chi connectivity index (χ3n) is 3.15. The van der Waals surface area contributed by atoms with Gasteiger partial charge in [0, 0.05) is 28.4 Å². The quantitative estimate of drug-likeness (QED) is 0.834. The molecular weight excluding hydrogens is 312 g/mol. The molecule has 0 aromatic heterocycles. The Morgan fingerprint density at radius 2 is 2.39 bits per heavy atom. The summed E-state index contributed by atoms with van der Waals surface area (Å²) >= 11 is 8.51. The summed E-state index contributed by atoms with van der Waals surface area (Å²) in [6, 6.07) is 6.16. The summed E-state index contributed by atoms with van der Waals surface area (Å²) in [4.78, 5) is 0.401. The topological polar surface area (TPSA) is 47.3 Å². The first-order valence-electron chi connectivity index (χ1n) is 6.05. The Morgan fingerprint density at radius 3 is 3.00 bits per heavy atom. The summed E-state index contributed by atoms with van der Waals surface area (Å²) in [7, 11) is 0. The fraction of sp³-hybridized carbons (Fsp3) is 0.462. The molecule has 0 spiro atoms. The lowest BCUT2D eigenvalue weighted by Gasteiger charge is -2.22. The third-order valence-corrected chi connectivity index (χ3v) is 3.87. The fourth-order valence-electron chi connectivity index (χ4n) is 2.18. The van der Waals surface area contributed by atoms with Crippen LogP contribution < -0.4 is 11.1 Å². The molecule has 2 atom stereocenters. The van der Waals surface area contributed by atoms with Gasteiger partial charge in [0.15, 0.2) is 0 Å². The van der Waals surface area contributed by atoms with Crippen LogP contribution in [0.3, 0.4) is 0 Å². The molecule has 0 saturated carbocycles. The summed E-state index contributed by atoms with van der Waals surface area (Å²) in [5, 5.41) is 3.45. The molecule has 2 rings (SSSR count). The number of nitrogens with two attached hydrogens (primary N) is 1. The van der Waals surface area contributed by atoms with E-state index in [4.69, 9.17) is 22.7 Å². The summed E-state index contributed by atoms with van der Waals surface area (Å²) in [5.74, 6) is 0. The van der Waals surface area contributed by atoms with Gasteiger partial charge in [0.2, 0.25) is 0 Å². The molecule has 0 amide bonds. The second kappa shape index (κ2) is 5.99. The standard InChI is InChI=1S/C13H17BrN2OS/c1-8(12-3-2-6-17-12)16-11-5-4-9(14)7-10(11)13(15)18/h4-5,7-8,12,16H,2-3,6H2,1H3,(H2,15,18). The monoisotopic (exact) mass is 328 g/mol. The molecule has 1 aliphatic heterocycles. The van der Waals surface area contributed by atoms with Crippen molar-refractivity contribution in [3.05, 3.63) is 28.2 Å². The molecule has 98 valence electrons. The molecule has 1 heterocycles. The zero-order valence-electron chi connectivity index (χ0n) is 10.3. The first-order chi connectivity index (χ1) is 8.58. The maximum Gasteiger partial charge on any atom is 0.106 e. The number of ether oxygens (including phenoxy) is 1. The zero-order chi connectivity index (χ0) is 13.1. The van der Waals surface area contributed by atoms with Crippen molar-refractivity contribution < 1.29 is 4.74 Å². The average molecular weight is 329 g/mol. The van der Waals surface area contributed by atoms with Gasteiger partial charge in [0.1, 0.15) is 4.99 Å². The molecule has 2 unspecified atom stereocenters. The number of anilines is 1. The SMILES string of the molecule is CC(Nc1ccc(Br)cc1C(N)=S)C1CCCO1. The second-order valence-electron chi connectivity index (χ2n) is 4.54. The number of rotatable bonds is 4. The number of benzene rings is 1. The van der Waals surface area contributed by atoms with Gasteiger partial charge in [0.25, 0.3) is 0 Å². The summed E-state index contributed by atoms with van der Waals surface area (Å²) in [6.07, 6.45) is 2.51. The highest BCUT2D eigenvalue weighted by atomic mass is 79.9. The summed E-state index contributed by atoms with van der Waals surface area (Å²) < 4.78 is 6.65. The van der Waals surface area contributed by atoms with Crippen LogP contribution in [0.4, 0.5) is 5.69 Å². The van der Waals surface area contributed by atoms with Crippen molar-refractivity contribution in [2.45, 2.75) is 31.9 Å². The normalized spacial score (nSPS) is 20.7. The maximum absolute atomic E-state index is 5.75. The second-order valence-corrected chi connectivity index (χ2v) is 5.89. The maximum atomic E-state index is 5.75. The van der Waals surface area contributed by atoms with Crippen LogP contribution in [0, 0.1) is 0 Å². The van der Waals surface area contributed by atoms with E-state index in [9.17, 15) is 0 Å². The number of thiocarbonyl (C=S) groups is 1. The highest BCUT2D eigenvalue weighted by Gasteiger charge is 2.22. The van der Waals surface area contributed by atoms with E-state index in [1.165, 1.54) is 0 Å². The van der Waals surface area contributed by atoms with Crippen molar-refractivity contribution >= 4 is 38.8 Å². The van der Waals surface area contributed by atoms with Gasteiger partial charge in [-0.25, -0.2) is 0 Å². The largest absolute Gasteiger partial charge is 0.389 e. The lowest BCUT2D eigenvalue weighted by atomic mass is 10.1. The van der Waals surface area contributed by atoms with Crippen LogP contribution in [0.2, 0.25) is 0 Å². The van der Waals surface area contributed by atoms with Crippen LogP contribution in [-0.2, 0) is 4.74 Å². The average Bonchev–Trinajstić information content (AvgIpc) is 2.84. The Bertz CT molecular complexity index is 447. The van der Waals surface area contributed by atoms with Gasteiger partial charge in [-0.3, -0.25) is 0 Å². The van der Waals surface area contributed by atoms with E-state index in [0.29, 0.717) is 4.99 Å². The molecule has 1 aromatic carbocycles. The number of hydrogen-bond acceptors (Lipinski definition) is 3. The van der Waals surface area contributed by atoms with Gasteiger partial charge >= 0.3 is 0 Å². The van der Waals surface area contributed by atoms with E-state index in [0.717, 1.165) is 35.2 Å². The smallest absolute Gasteiger partial charge is 0.106 e. The first kappa shape index (κ1) is 13.8. The summed E-state index contributed by atoms with van der Waals surface area (Å²) in [6.45, 7) is 2.99. The molecule has 0 radical (unpaired) electrons. The molecular formula is C13H17BrN2OS. The minimum atomic E-state index is 0.252. The molecule has 5 heteroatoms. The minimum absolute atomic E-state index is 0.252. The molecule has 0 aliphatic carbocycles. The van der Waals surface area contributed by atoms with Gasteiger partial charge in [0.05, 0.1) is 6.10 Å². The predicted molar refractivity (Wildman–Crippen MR) is 82.1 cm³/mol. The minimum Gasteiger partial charge on any atom is -0.389 e. The Hall–Kier alpha value is -0.650. The predicted octanol–water partition coefficient (Wildman–Crippen LogP) is 3.06. The highest BCUT2D eigenvalue weighted by molar-refractivity contribution is 9.10. The lowest BCUT2D eigenvalue weighted by Crippen LogP contribution is -2.31. The van der Waals surface area contributed by atoms with Crippen molar-refractivity contribution in [2.24, 2.45) is 5.73 Å². The molecule has 1 aromatic rings. The van der Waals surface area contributed by atoms with Crippen LogP contribution in [0.5, 0.6) is 0 Å². The van der Waals surface area contributed by atoms with Gasteiger partial charge in [-0.1, -0.05) is 28.1 Å². The molecule has 0 bridgehead atoms. The van der Waals surface area contributed by atoms with Gasteiger partial charge < -0.3 is 15.8 Å². The molecule has 3 nitrogen and oxygen atoms in total. The Morgan fingerprint density at radius 1 is 1.61 bits per heavy atom. The van der Waals surface area contributed by atoms with Crippen LogP contribution >= 0.6 is 28.1 Å². The molecule has 1 aliphatic rings. The highest BCUT2D eigenvalue weighted by Crippen LogP contribution is 2.24. The van der Waals surface area contributed by atoms with E-state index in [1.807, 2.05) is 18.2 Å². The van der Waals surface area contributed by atoms with Crippen molar-refractivity contribution in [1.82, 2.24) is 0 Å². The van der Waals surface area contributed by atoms with Crippen molar-refractivity contribution in [1.29, 1.82) is 0 Å². The fourth-order valence-corrected chi connectivity index (χ4v) is 2.71. The van der Waals surface area contributed by atoms with E-state index >= 15 is 0 Å². The molecule has 18 heavy (non-hydrogen) atoms. The third kappa shape index (κ3) is 3.22. The Kier molecular flexibility index (Phi) is 4.59. The molecule has 3 N–H and O–H groups in total. The zero-order valence-corrected chi connectivity index (χ0v) is 12.7. The van der Waals surface area contributed by atoms with Gasteiger partial charge in [-0.05, 0) is 38.0 Å². The molecule has 1 saturated heterocycles. The van der Waals surface area contributed by atoms with Crippen LogP contribution in [0.1, 0.15) is 25.3 Å². The van der Waals surface area contributed by atoms with Gasteiger partial charge in [-0.15, -0.1) is 0 Å². The van der Waals surface area contributed by atoms with Crippen LogP contribution in [0.25, 0.3) is 0 Å². The van der Waals surface area contributed by atoms with Crippen molar-refractivity contribution in [2.75, 3.05) is 11.9 Å². The van der Waals surface area contributed by atoms with E-state index in [-0.39, 0.29) is 12.1 Å². The molecule has 1 fully saturated rings. The Balaban J connectivity index is 2.15. The van der Waals surface area contributed by atoms with Crippen LogP contribution in [-0.4, -0.2) is 23.7 Å². The van der Waals surface area contributed by atoms with E-state index in [2.05, 4.69) is 28.2 Å². The van der Waals surface area contributed by atoms with Gasteiger partial charge in [-0.2, -0.15) is 0 Å². The van der Waals surface area contributed by atoms with E-state index < -0.39 is 0 Å². The number of nitrogens with one attached hydrogen (secondary N) is 1. The van der Waals surface area contributed by atoms with Crippen molar-refractivity contribution in [3.8, 4) is 0 Å². The summed E-state index contributed by atoms with van der Waals surface area (Å²) in [5.41, 5.74) is 7.58. The Labute approximate surface area is 121 Å². The number of halogens is 1. The number of hydrogen-bond donors (Lipinski definition) is 2. The van der Waals surface area contributed by atoms with Crippen molar-refractivity contribution in [3.63, 3.8) is 0 Å². The lowest BCUT2D eigenvalue weighted by molar-refractivity contribution is 0.0996. The first-order valence-corrected chi connectivity index (χ1v) is 7.25.